The first-order chi connectivity index (χ1) is 7.72. The molecule has 0 amide bonds. The first kappa shape index (κ1) is 11.1. The van der Waals surface area contributed by atoms with Gasteiger partial charge in [0, 0.05) is 16.0 Å². The zero-order chi connectivity index (χ0) is 11.5. The molecule has 0 saturated carbocycles. The van der Waals surface area contributed by atoms with E-state index < -0.39 is 0 Å². The Kier molecular flexibility index (Phi) is 3.23. The molecule has 82 valence electrons. The molecule has 0 bridgehead atoms. The van der Waals surface area contributed by atoms with Crippen molar-refractivity contribution in [2.45, 2.75) is 0 Å². The van der Waals surface area contributed by atoms with Gasteiger partial charge < -0.3 is 9.30 Å². The average Bonchev–Trinajstić information content (AvgIpc) is 2.81. The maximum atomic E-state index is 11.3. The lowest BCUT2D eigenvalue weighted by atomic mass is 10.2. The van der Waals surface area contributed by atoms with Gasteiger partial charge in [0.15, 0.2) is 0 Å². The number of carbonyl (C=O) groups excluding carboxylic acids is 1. The molecule has 0 saturated heterocycles. The molecule has 0 N–H and O–H groups in total. The average molecular weight is 328 g/mol. The molecule has 0 fully saturated rings. The molecule has 0 atom stereocenters. The number of nitrogens with zero attached hydrogens (tertiary/aromatic N) is 2. The Morgan fingerprint density at radius 1 is 1.50 bits per heavy atom. The number of methoxy groups -OCH3 is 1. The molecule has 1 aromatic heterocycles. The van der Waals surface area contributed by atoms with Gasteiger partial charge in [-0.05, 0) is 40.8 Å². The number of hydrogen-bond donors (Lipinski definition) is 0. The lowest BCUT2D eigenvalue weighted by molar-refractivity contribution is 0.0600. The molecular formula is C11H9IN2O2. The summed E-state index contributed by atoms with van der Waals surface area (Å²) in [4.78, 5) is 15.3. The molecule has 2 aromatic rings. The summed E-state index contributed by atoms with van der Waals surface area (Å²) in [6, 6.07) is 5.40. The fourth-order valence-corrected chi connectivity index (χ4v) is 2.16. The number of ether oxygens (including phenoxy) is 1. The summed E-state index contributed by atoms with van der Waals surface area (Å²) >= 11 is 2.18. The number of halogens is 1. The lowest BCUT2D eigenvalue weighted by Crippen LogP contribution is -2.03. The van der Waals surface area contributed by atoms with Gasteiger partial charge in [-0.25, -0.2) is 9.78 Å². The number of imidazole rings is 1. The maximum Gasteiger partial charge on any atom is 0.337 e. The Labute approximate surface area is 106 Å². The molecule has 0 radical (unpaired) electrons. The SMILES string of the molecule is COC(=O)c1ccc(-n2ccnc2)c(I)c1. The second-order valence-electron chi connectivity index (χ2n) is 3.13. The van der Waals surface area contributed by atoms with Gasteiger partial charge in [0.05, 0.1) is 24.7 Å². The van der Waals surface area contributed by atoms with Crippen molar-refractivity contribution in [2.75, 3.05) is 7.11 Å². The fourth-order valence-electron chi connectivity index (χ4n) is 1.36. The van der Waals surface area contributed by atoms with E-state index in [1.54, 1.807) is 24.7 Å². The summed E-state index contributed by atoms with van der Waals surface area (Å²) in [6.07, 6.45) is 5.29. The summed E-state index contributed by atoms with van der Waals surface area (Å²) in [7, 11) is 1.37. The van der Waals surface area contributed by atoms with Gasteiger partial charge in [0.1, 0.15) is 0 Å². The quantitative estimate of drug-likeness (QED) is 0.627. The summed E-state index contributed by atoms with van der Waals surface area (Å²) in [5.74, 6) is -0.324. The zero-order valence-electron chi connectivity index (χ0n) is 8.55. The Morgan fingerprint density at radius 3 is 2.88 bits per heavy atom. The highest BCUT2D eigenvalue weighted by Gasteiger charge is 2.08. The molecule has 0 spiro atoms. The van der Waals surface area contributed by atoms with Crippen molar-refractivity contribution >= 4 is 28.6 Å². The van der Waals surface area contributed by atoms with E-state index in [-0.39, 0.29) is 5.97 Å². The van der Waals surface area contributed by atoms with Gasteiger partial charge >= 0.3 is 5.97 Å². The van der Waals surface area contributed by atoms with Crippen LogP contribution in [-0.2, 0) is 4.74 Å². The van der Waals surface area contributed by atoms with Crippen molar-refractivity contribution in [3.63, 3.8) is 0 Å². The van der Waals surface area contributed by atoms with Gasteiger partial charge in [-0.2, -0.15) is 0 Å². The molecular weight excluding hydrogens is 319 g/mol. The van der Waals surface area contributed by atoms with Crippen LogP contribution in [0.4, 0.5) is 0 Å². The van der Waals surface area contributed by atoms with E-state index >= 15 is 0 Å². The van der Waals surface area contributed by atoms with Crippen LogP contribution in [0.15, 0.2) is 36.9 Å². The Hall–Kier alpha value is -1.37. The number of aromatic nitrogens is 2. The lowest BCUT2D eigenvalue weighted by Gasteiger charge is -2.06. The maximum absolute atomic E-state index is 11.3. The highest BCUT2D eigenvalue weighted by atomic mass is 127. The summed E-state index contributed by atoms with van der Waals surface area (Å²) in [6.45, 7) is 0. The van der Waals surface area contributed by atoms with Gasteiger partial charge in [-0.1, -0.05) is 0 Å². The highest BCUT2D eigenvalue weighted by molar-refractivity contribution is 14.1. The normalized spacial score (nSPS) is 10.1. The van der Waals surface area contributed by atoms with Crippen LogP contribution in [0.25, 0.3) is 5.69 Å². The number of benzene rings is 1. The van der Waals surface area contributed by atoms with Crippen LogP contribution >= 0.6 is 22.6 Å². The van der Waals surface area contributed by atoms with Crippen LogP contribution in [0.1, 0.15) is 10.4 Å². The van der Waals surface area contributed by atoms with E-state index in [1.165, 1.54) is 7.11 Å². The van der Waals surface area contributed by atoms with Crippen LogP contribution in [0.2, 0.25) is 0 Å². The van der Waals surface area contributed by atoms with Crippen molar-refractivity contribution in [1.82, 2.24) is 9.55 Å². The van der Waals surface area contributed by atoms with Crippen LogP contribution < -0.4 is 0 Å². The van der Waals surface area contributed by atoms with Crippen LogP contribution in [-0.4, -0.2) is 22.6 Å². The van der Waals surface area contributed by atoms with Crippen molar-refractivity contribution in [3.05, 3.63) is 46.1 Å². The molecule has 0 aliphatic heterocycles. The standard InChI is InChI=1S/C11H9IN2O2/c1-16-11(15)8-2-3-10(9(12)6-8)14-5-4-13-7-14/h2-7H,1H3. The smallest absolute Gasteiger partial charge is 0.337 e. The van der Waals surface area contributed by atoms with E-state index in [0.717, 1.165) is 9.26 Å². The molecule has 5 heteroatoms. The molecule has 0 aliphatic carbocycles. The van der Waals surface area contributed by atoms with Gasteiger partial charge in [0.25, 0.3) is 0 Å². The minimum absolute atomic E-state index is 0.324. The van der Waals surface area contributed by atoms with E-state index in [0.29, 0.717) is 5.56 Å². The Balaban J connectivity index is 2.41. The van der Waals surface area contributed by atoms with E-state index in [1.807, 2.05) is 16.8 Å². The van der Waals surface area contributed by atoms with Gasteiger partial charge in [-0.3, -0.25) is 0 Å². The molecule has 4 nitrogen and oxygen atoms in total. The number of rotatable bonds is 2. The van der Waals surface area contributed by atoms with Crippen molar-refractivity contribution in [1.29, 1.82) is 0 Å². The molecule has 1 heterocycles. The third kappa shape index (κ3) is 2.08. The molecule has 16 heavy (non-hydrogen) atoms. The molecule has 1 aromatic carbocycles. The minimum Gasteiger partial charge on any atom is -0.465 e. The summed E-state index contributed by atoms with van der Waals surface area (Å²) in [5, 5.41) is 0. The first-order valence-electron chi connectivity index (χ1n) is 4.58. The first-order valence-corrected chi connectivity index (χ1v) is 5.66. The summed E-state index contributed by atoms with van der Waals surface area (Å²) in [5.41, 5.74) is 1.54. The molecule has 0 unspecified atom stereocenters. The largest absolute Gasteiger partial charge is 0.465 e. The van der Waals surface area contributed by atoms with Crippen molar-refractivity contribution in [2.24, 2.45) is 0 Å². The zero-order valence-corrected chi connectivity index (χ0v) is 10.7. The van der Waals surface area contributed by atoms with E-state index in [9.17, 15) is 4.79 Å². The Bertz CT molecular complexity index is 509. The second-order valence-corrected chi connectivity index (χ2v) is 4.29. The minimum atomic E-state index is -0.324. The molecule has 0 aliphatic rings. The Morgan fingerprint density at radius 2 is 2.31 bits per heavy atom. The number of carbonyl (C=O) groups is 1. The molecule has 2 rings (SSSR count). The number of esters is 1. The van der Waals surface area contributed by atoms with Gasteiger partial charge in [0.2, 0.25) is 0 Å². The van der Waals surface area contributed by atoms with Crippen LogP contribution in [0, 0.1) is 3.57 Å². The summed E-state index contributed by atoms with van der Waals surface area (Å²) < 4.78 is 7.52. The predicted octanol–water partition coefficient (Wildman–Crippen LogP) is 2.26. The van der Waals surface area contributed by atoms with Gasteiger partial charge in [-0.15, -0.1) is 0 Å². The van der Waals surface area contributed by atoms with Crippen molar-refractivity contribution < 1.29 is 9.53 Å². The van der Waals surface area contributed by atoms with E-state index in [2.05, 4.69) is 32.3 Å². The van der Waals surface area contributed by atoms with Crippen LogP contribution in [0.5, 0.6) is 0 Å². The monoisotopic (exact) mass is 328 g/mol. The third-order valence-corrected chi connectivity index (χ3v) is 3.02. The fraction of sp³-hybridized carbons (Fsp3) is 0.0909. The number of hydrogen-bond acceptors (Lipinski definition) is 3. The predicted molar refractivity (Wildman–Crippen MR) is 67.6 cm³/mol. The topological polar surface area (TPSA) is 44.1 Å². The second kappa shape index (κ2) is 4.65. The van der Waals surface area contributed by atoms with E-state index in [4.69, 9.17) is 0 Å². The van der Waals surface area contributed by atoms with Crippen LogP contribution in [0.3, 0.4) is 0 Å². The van der Waals surface area contributed by atoms with Crippen molar-refractivity contribution in [3.8, 4) is 5.69 Å². The highest BCUT2D eigenvalue weighted by Crippen LogP contribution is 2.18. The third-order valence-electron chi connectivity index (χ3n) is 2.15.